The number of hydrogen-bond donors (Lipinski definition) is 5. The minimum absolute atomic E-state index is 0.132. The van der Waals surface area contributed by atoms with Gasteiger partial charge in [-0.2, -0.15) is 0 Å². The van der Waals surface area contributed by atoms with Crippen molar-refractivity contribution in [1.82, 2.24) is 45.4 Å². The quantitative estimate of drug-likeness (QED) is 0.0846. The molecular formula is C50H57N9O7. The van der Waals surface area contributed by atoms with E-state index in [9.17, 15) is 19.2 Å². The molecule has 0 bridgehead atoms. The van der Waals surface area contributed by atoms with Crippen LogP contribution in [-0.2, 0) is 19.1 Å². The van der Waals surface area contributed by atoms with Crippen LogP contribution in [0.5, 0.6) is 5.75 Å². The summed E-state index contributed by atoms with van der Waals surface area (Å²) in [5.74, 6) is 1.52. The number of hydrogen-bond acceptors (Lipinski definition) is 9. The monoisotopic (exact) mass is 895 g/mol. The number of aryl methyl sites for hydroxylation is 1. The minimum Gasteiger partial charge on any atom is -0.480 e. The molecule has 0 spiro atoms. The molecule has 5 unspecified atom stereocenters. The number of nitrogens with one attached hydrogen (secondary N) is 5. The number of aromatic nitrogens is 5. The van der Waals surface area contributed by atoms with Gasteiger partial charge < -0.3 is 49.6 Å². The summed E-state index contributed by atoms with van der Waals surface area (Å²) in [6, 6.07) is 18.9. The van der Waals surface area contributed by atoms with Gasteiger partial charge in [-0.25, -0.2) is 19.6 Å². The molecule has 0 radical (unpaired) electrons. The number of likely N-dealkylation sites (tertiary alicyclic amines) is 2. The molecule has 0 aliphatic carbocycles. The van der Waals surface area contributed by atoms with E-state index in [4.69, 9.17) is 24.2 Å². The van der Waals surface area contributed by atoms with Crippen LogP contribution in [0.4, 0.5) is 9.59 Å². The number of rotatable bonds is 11. The van der Waals surface area contributed by atoms with Crippen molar-refractivity contribution in [3.8, 4) is 39.5 Å². The molecule has 9 rings (SSSR count). The Bertz CT molecular complexity index is 2790. The van der Waals surface area contributed by atoms with Crippen LogP contribution in [-0.4, -0.2) is 98.1 Å². The van der Waals surface area contributed by atoms with Gasteiger partial charge in [-0.1, -0.05) is 69.7 Å². The molecule has 3 aliphatic heterocycles. The summed E-state index contributed by atoms with van der Waals surface area (Å²) in [6.07, 6.45) is 5.05. The number of aromatic amines is 3. The van der Waals surface area contributed by atoms with Gasteiger partial charge in [-0.15, -0.1) is 0 Å². The Kier molecular flexibility index (Phi) is 12.1. The fraction of sp³-hybridized carbons (Fsp3) is 0.400. The second-order valence-corrected chi connectivity index (χ2v) is 18.3. The van der Waals surface area contributed by atoms with Crippen molar-refractivity contribution in [2.45, 2.75) is 90.6 Å². The number of H-pyrrole nitrogens is 3. The lowest BCUT2D eigenvalue weighted by Crippen LogP contribution is -2.51. The maximum absolute atomic E-state index is 13.8. The molecule has 5 N–H and O–H groups in total. The summed E-state index contributed by atoms with van der Waals surface area (Å²) < 4.78 is 16.7. The van der Waals surface area contributed by atoms with Gasteiger partial charge in [0, 0.05) is 46.2 Å². The molecule has 344 valence electrons. The third-order valence-electron chi connectivity index (χ3n) is 13.3. The lowest BCUT2D eigenvalue weighted by molar-refractivity contribution is -0.136. The number of carbonyl (C=O) groups is 4. The average Bonchev–Trinajstić information content (AvgIpc) is 4.18. The Labute approximate surface area is 383 Å². The minimum atomic E-state index is -0.722. The van der Waals surface area contributed by atoms with Crippen molar-refractivity contribution in [2.75, 3.05) is 27.3 Å². The van der Waals surface area contributed by atoms with Crippen molar-refractivity contribution in [3.63, 3.8) is 0 Å². The van der Waals surface area contributed by atoms with Gasteiger partial charge in [0.1, 0.15) is 29.5 Å². The molecule has 16 heteroatoms. The summed E-state index contributed by atoms with van der Waals surface area (Å²) >= 11 is 0. The molecule has 16 nitrogen and oxygen atoms in total. The predicted octanol–water partition coefficient (Wildman–Crippen LogP) is 8.49. The van der Waals surface area contributed by atoms with Gasteiger partial charge in [-0.3, -0.25) is 9.59 Å². The first-order valence-corrected chi connectivity index (χ1v) is 22.8. The van der Waals surface area contributed by atoms with Gasteiger partial charge in [0.15, 0.2) is 6.10 Å². The van der Waals surface area contributed by atoms with E-state index in [2.05, 4.69) is 87.1 Å². The lowest BCUT2D eigenvalue weighted by atomic mass is 9.91. The normalized spacial score (nSPS) is 18.8. The first kappa shape index (κ1) is 44.1. The van der Waals surface area contributed by atoms with Gasteiger partial charge in [0.25, 0.3) is 0 Å². The molecule has 66 heavy (non-hydrogen) atoms. The maximum Gasteiger partial charge on any atom is 0.407 e. The van der Waals surface area contributed by atoms with Crippen molar-refractivity contribution in [2.24, 2.45) is 11.8 Å². The molecule has 2 fully saturated rings. The summed E-state index contributed by atoms with van der Waals surface area (Å²) in [5.41, 5.74) is 9.48. The second-order valence-electron chi connectivity index (χ2n) is 18.3. The SMILES string of the molecule is COC(=O)NC(C(=O)N1CCCC1c1ncc(-c2ccc3c(c2)OC(c2ccc(C)cc2)c2c-3[nH]c3ccc(-c4cnc(C5CCCN5C(=O)C(NC(=O)OC)C(C)C)[nH]4)cc23)[nH]1)C(C)C. The van der Waals surface area contributed by atoms with Gasteiger partial charge in [-0.05, 0) is 74.3 Å². The van der Waals surface area contributed by atoms with Gasteiger partial charge in [0.2, 0.25) is 11.8 Å². The zero-order valence-corrected chi connectivity index (χ0v) is 38.4. The molecule has 6 aromatic rings. The third-order valence-corrected chi connectivity index (χ3v) is 13.3. The van der Waals surface area contributed by atoms with E-state index in [0.29, 0.717) is 24.7 Å². The predicted molar refractivity (Wildman–Crippen MR) is 248 cm³/mol. The largest absolute Gasteiger partial charge is 0.480 e. The van der Waals surface area contributed by atoms with E-state index in [1.54, 1.807) is 6.20 Å². The van der Waals surface area contributed by atoms with E-state index in [0.717, 1.165) is 92.8 Å². The molecule has 5 atom stereocenters. The first-order chi connectivity index (χ1) is 31.8. The van der Waals surface area contributed by atoms with Crippen molar-refractivity contribution in [1.29, 1.82) is 0 Å². The van der Waals surface area contributed by atoms with Gasteiger partial charge in [0.05, 0.1) is 55.8 Å². The molecule has 6 heterocycles. The number of methoxy groups -OCH3 is 2. The Balaban J connectivity index is 1.02. The number of ether oxygens (including phenoxy) is 3. The smallest absolute Gasteiger partial charge is 0.407 e. The average molecular weight is 896 g/mol. The Morgan fingerprint density at radius 3 is 1.77 bits per heavy atom. The van der Waals surface area contributed by atoms with E-state index in [1.165, 1.54) is 14.2 Å². The number of benzene rings is 3. The van der Waals surface area contributed by atoms with Crippen LogP contribution in [0, 0.1) is 18.8 Å². The van der Waals surface area contributed by atoms with Crippen LogP contribution in [0.3, 0.4) is 0 Å². The third kappa shape index (κ3) is 8.24. The van der Waals surface area contributed by atoms with Crippen molar-refractivity contribution < 1.29 is 33.4 Å². The number of amides is 4. The fourth-order valence-corrected chi connectivity index (χ4v) is 9.71. The standard InChI is InChI=1S/C50H57N9O7/c1-26(2)41(56-49(62)64-6)47(60)58-20-8-10-37(58)45-51-24-35(54-45)30-17-19-34-33(22-30)40-43(53-34)32-18-16-31(23-39(32)66-44(40)29-14-12-28(5)13-15-29)36-25-52-46(55-36)38-11-9-21-59(38)48(61)42(27(3)4)57-50(63)65-7/h12-19,22-27,37-38,41-42,44,53H,8-11,20-21H2,1-7H3,(H,51,54)(H,52,55)(H,56,62)(H,57,63). The van der Waals surface area contributed by atoms with Gasteiger partial charge >= 0.3 is 12.2 Å². The van der Waals surface area contributed by atoms with Crippen LogP contribution in [0.15, 0.2) is 73.1 Å². The zero-order chi connectivity index (χ0) is 46.4. The molecule has 4 amide bonds. The summed E-state index contributed by atoms with van der Waals surface area (Å²) in [6.45, 7) is 10.8. The second kappa shape index (κ2) is 18.1. The van der Waals surface area contributed by atoms with E-state index >= 15 is 0 Å². The Morgan fingerprint density at radius 1 is 0.712 bits per heavy atom. The van der Waals surface area contributed by atoms with Crippen LogP contribution < -0.4 is 15.4 Å². The zero-order valence-electron chi connectivity index (χ0n) is 38.4. The molecule has 0 saturated carbocycles. The highest BCUT2D eigenvalue weighted by Gasteiger charge is 2.39. The van der Waals surface area contributed by atoms with Crippen molar-refractivity contribution in [3.05, 3.63) is 101 Å². The highest BCUT2D eigenvalue weighted by atomic mass is 16.5. The van der Waals surface area contributed by atoms with Crippen LogP contribution >= 0.6 is 0 Å². The summed E-state index contributed by atoms with van der Waals surface area (Å²) in [5, 5.41) is 6.45. The molecule has 3 aromatic carbocycles. The highest BCUT2D eigenvalue weighted by Crippen LogP contribution is 2.49. The highest BCUT2D eigenvalue weighted by molar-refractivity contribution is 5.96. The molecule has 3 aromatic heterocycles. The lowest BCUT2D eigenvalue weighted by Gasteiger charge is -2.30. The van der Waals surface area contributed by atoms with Crippen LogP contribution in [0.25, 0.3) is 44.7 Å². The summed E-state index contributed by atoms with van der Waals surface area (Å²) in [7, 11) is 2.58. The Morgan fingerprint density at radius 2 is 1.24 bits per heavy atom. The molecule has 2 saturated heterocycles. The van der Waals surface area contributed by atoms with Crippen LogP contribution in [0.1, 0.15) is 99.9 Å². The number of carbonyl (C=O) groups excluding carboxylic acids is 4. The number of imidazole rings is 2. The van der Waals surface area contributed by atoms with Crippen LogP contribution in [0.2, 0.25) is 0 Å². The number of fused-ring (bicyclic) bond motifs is 5. The number of nitrogens with zero attached hydrogens (tertiary/aromatic N) is 4. The fourth-order valence-electron chi connectivity index (χ4n) is 9.71. The maximum atomic E-state index is 13.8. The molecular weight excluding hydrogens is 839 g/mol. The number of alkyl carbamates (subject to hydrolysis) is 2. The topological polar surface area (TPSA) is 200 Å². The van der Waals surface area contributed by atoms with E-state index < -0.39 is 30.4 Å². The summed E-state index contributed by atoms with van der Waals surface area (Å²) in [4.78, 5) is 75.8. The van der Waals surface area contributed by atoms with Crippen molar-refractivity contribution >= 4 is 34.9 Å². The molecule has 3 aliphatic rings. The first-order valence-electron chi connectivity index (χ1n) is 22.8. The van der Waals surface area contributed by atoms with E-state index in [1.807, 2.05) is 49.8 Å². The van der Waals surface area contributed by atoms with E-state index in [-0.39, 0.29) is 35.7 Å². The Hall–Kier alpha value is -7.10.